The van der Waals surface area contributed by atoms with E-state index < -0.39 is 8.60 Å². The van der Waals surface area contributed by atoms with E-state index in [1.165, 1.54) is 37.7 Å². The number of halogens is 2. The Bertz CT molecular complexity index is 119. The molecule has 0 amide bonds. The summed E-state index contributed by atoms with van der Waals surface area (Å²) in [6.07, 6.45) is 4.81. The fourth-order valence-corrected chi connectivity index (χ4v) is 4.45. The summed E-state index contributed by atoms with van der Waals surface area (Å²) < 4.78 is 15.8. The van der Waals surface area contributed by atoms with Crippen LogP contribution in [0.15, 0.2) is 0 Å². The maximum Gasteiger partial charge on any atom is 0.358 e. The lowest BCUT2D eigenvalue weighted by atomic mass is 10.2. The van der Waals surface area contributed by atoms with Gasteiger partial charge in [-0.25, -0.2) is 7.94 Å². The molecule has 3 nitrogen and oxygen atoms in total. The van der Waals surface area contributed by atoms with Crippen LogP contribution in [0, 0.1) is 0 Å². The third kappa shape index (κ3) is 11.0. The maximum absolute atomic E-state index is 5.44. The van der Waals surface area contributed by atoms with E-state index in [1.54, 1.807) is 0 Å². The van der Waals surface area contributed by atoms with E-state index in [-0.39, 0.29) is 0 Å². The molecule has 0 saturated carbocycles. The summed E-state index contributed by atoms with van der Waals surface area (Å²) in [5, 5.41) is 0. The van der Waals surface area contributed by atoms with Crippen molar-refractivity contribution >= 4 is 69.4 Å². The molecule has 0 aliphatic carbocycles. The zero-order valence-corrected chi connectivity index (χ0v) is 14.6. The highest BCUT2D eigenvalue weighted by Gasteiger charge is 2.12. The van der Waals surface area contributed by atoms with Gasteiger partial charge in [-0.15, -0.1) is 0 Å². The van der Waals surface area contributed by atoms with Crippen LogP contribution in [0.25, 0.3) is 0 Å². The third-order valence-corrected chi connectivity index (χ3v) is 6.09. The topological polar surface area (TPSA) is 27.7 Å². The van der Waals surface area contributed by atoms with Gasteiger partial charge in [0.15, 0.2) is 0 Å². The first kappa shape index (κ1) is 16.5. The lowest BCUT2D eigenvalue weighted by Gasteiger charge is -2.11. The van der Waals surface area contributed by atoms with Crippen LogP contribution in [0.4, 0.5) is 0 Å². The van der Waals surface area contributed by atoms with Crippen molar-refractivity contribution < 1.29 is 12.5 Å². The van der Waals surface area contributed by atoms with Crippen LogP contribution >= 0.6 is 69.4 Å². The van der Waals surface area contributed by atoms with Gasteiger partial charge in [0.05, 0.1) is 25.0 Å². The molecule has 0 aromatic carbocycles. The van der Waals surface area contributed by atoms with Gasteiger partial charge < -0.3 is 4.52 Å². The summed E-state index contributed by atoms with van der Waals surface area (Å²) in [5.41, 5.74) is 0. The number of hydrogen-bond donors (Lipinski definition) is 0. The second-order valence-corrected chi connectivity index (χ2v) is 6.70. The Labute approximate surface area is 120 Å². The molecule has 0 N–H and O–H groups in total. The summed E-state index contributed by atoms with van der Waals surface area (Å²) in [6, 6.07) is 0. The molecular formula is C6H13I2O3PS2. The smallest absolute Gasteiger partial charge is 0.311 e. The first-order valence-corrected chi connectivity index (χ1v) is 11.8. The summed E-state index contributed by atoms with van der Waals surface area (Å²) in [6.45, 7) is 2.92. The Balaban J connectivity index is 3.30. The average molecular weight is 482 g/mol. The largest absolute Gasteiger partial charge is 0.358 e. The van der Waals surface area contributed by atoms with Gasteiger partial charge >= 0.3 is 8.60 Å². The van der Waals surface area contributed by atoms with E-state index in [9.17, 15) is 0 Å². The number of hydrogen-bond acceptors (Lipinski definition) is 5. The van der Waals surface area contributed by atoms with Gasteiger partial charge in [-0.3, -0.25) is 0 Å². The summed E-state index contributed by atoms with van der Waals surface area (Å²) in [4.78, 5) is 0. The molecule has 8 heteroatoms. The van der Waals surface area contributed by atoms with Crippen molar-refractivity contribution in [3.63, 3.8) is 0 Å². The van der Waals surface area contributed by atoms with E-state index in [1.807, 2.05) is 0 Å². The molecular weight excluding hydrogens is 469 g/mol. The van der Waals surface area contributed by atoms with Crippen LogP contribution in [0.5, 0.6) is 0 Å². The van der Waals surface area contributed by atoms with Crippen LogP contribution in [-0.2, 0) is 12.5 Å². The highest BCUT2D eigenvalue weighted by Crippen LogP contribution is 2.50. The number of unbranched alkanes of at least 4 members (excludes halogenated alkanes) is 3. The predicted molar refractivity (Wildman–Crippen MR) is 82.4 cm³/mol. The van der Waals surface area contributed by atoms with Crippen LogP contribution in [-0.4, -0.2) is 6.61 Å². The minimum absolute atomic E-state index is 0.722. The highest BCUT2D eigenvalue weighted by molar-refractivity contribution is 14.2. The van der Waals surface area contributed by atoms with Gasteiger partial charge in [-0.1, -0.05) is 26.2 Å². The maximum atomic E-state index is 5.44. The standard InChI is InChI=1S/C6H13I2O3PS2/c1-2-3-4-5-6-9-12(10-13-7)11-14-8/h2-6H2,1H3. The predicted octanol–water partition coefficient (Wildman–Crippen LogP) is 5.84. The molecule has 0 atom stereocenters. The van der Waals surface area contributed by atoms with Gasteiger partial charge in [-0.05, 0) is 6.42 Å². The molecule has 0 unspecified atom stereocenters. The van der Waals surface area contributed by atoms with Crippen molar-refractivity contribution in [2.24, 2.45) is 0 Å². The SMILES string of the molecule is CCCCCCOP(OSI)OSI. The van der Waals surface area contributed by atoms with Gasteiger partial charge in [0.25, 0.3) is 0 Å². The van der Waals surface area contributed by atoms with Crippen LogP contribution in [0.3, 0.4) is 0 Å². The van der Waals surface area contributed by atoms with E-state index in [0.29, 0.717) is 0 Å². The molecule has 86 valence electrons. The molecule has 0 aliphatic rings. The molecule has 0 fully saturated rings. The Morgan fingerprint density at radius 3 is 2.21 bits per heavy atom. The zero-order chi connectivity index (χ0) is 10.6. The van der Waals surface area contributed by atoms with E-state index in [0.717, 1.165) is 13.0 Å². The minimum atomic E-state index is -1.17. The molecule has 0 aliphatic heterocycles. The third-order valence-electron chi connectivity index (χ3n) is 1.37. The molecule has 0 rings (SSSR count). The fraction of sp³-hybridized carbons (Fsp3) is 1.00. The van der Waals surface area contributed by atoms with Crippen LogP contribution < -0.4 is 0 Å². The first-order valence-electron chi connectivity index (χ1n) is 4.19. The Morgan fingerprint density at radius 2 is 1.71 bits per heavy atom. The lowest BCUT2D eigenvalue weighted by Crippen LogP contribution is -1.90. The van der Waals surface area contributed by atoms with Crippen molar-refractivity contribution in [3.8, 4) is 0 Å². The van der Waals surface area contributed by atoms with Crippen molar-refractivity contribution in [2.45, 2.75) is 32.6 Å². The van der Waals surface area contributed by atoms with Crippen LogP contribution in [0.1, 0.15) is 32.6 Å². The molecule has 0 aromatic heterocycles. The summed E-state index contributed by atoms with van der Waals surface area (Å²) >= 11 is 4.11. The van der Waals surface area contributed by atoms with Crippen molar-refractivity contribution in [3.05, 3.63) is 0 Å². The second kappa shape index (κ2) is 13.5. The van der Waals surface area contributed by atoms with Crippen molar-refractivity contribution in [1.82, 2.24) is 0 Å². The minimum Gasteiger partial charge on any atom is -0.311 e. The quantitative estimate of drug-likeness (QED) is 0.169. The first-order chi connectivity index (χ1) is 6.85. The van der Waals surface area contributed by atoms with Gasteiger partial charge in [0.2, 0.25) is 0 Å². The number of rotatable bonds is 10. The lowest BCUT2D eigenvalue weighted by molar-refractivity contribution is 0.276. The molecule has 0 radical (unpaired) electrons. The van der Waals surface area contributed by atoms with E-state index >= 15 is 0 Å². The summed E-state index contributed by atoms with van der Waals surface area (Å²) in [7, 11) is 1.33. The van der Waals surface area contributed by atoms with Gasteiger partial charge in [0, 0.05) is 42.4 Å². The fourth-order valence-electron chi connectivity index (χ4n) is 0.769. The van der Waals surface area contributed by atoms with Gasteiger partial charge in [-0.2, -0.15) is 0 Å². The van der Waals surface area contributed by atoms with E-state index in [2.05, 4.69) is 49.3 Å². The monoisotopic (exact) mass is 482 g/mol. The van der Waals surface area contributed by atoms with Gasteiger partial charge in [0.1, 0.15) is 0 Å². The molecule has 0 saturated heterocycles. The molecule has 14 heavy (non-hydrogen) atoms. The van der Waals surface area contributed by atoms with Crippen LogP contribution in [0.2, 0.25) is 0 Å². The van der Waals surface area contributed by atoms with Crippen molar-refractivity contribution in [2.75, 3.05) is 6.61 Å². The molecule has 0 bridgehead atoms. The Hall–Kier alpha value is 2.47. The highest BCUT2D eigenvalue weighted by atomic mass is 127. The van der Waals surface area contributed by atoms with Crippen molar-refractivity contribution in [1.29, 1.82) is 0 Å². The normalized spacial score (nSPS) is 11.1. The molecule has 0 spiro atoms. The zero-order valence-electron chi connectivity index (χ0n) is 7.78. The molecule has 0 heterocycles. The molecule has 0 aromatic rings. The second-order valence-electron chi connectivity index (χ2n) is 2.39. The Kier molecular flexibility index (Phi) is 15.9. The Morgan fingerprint density at radius 1 is 1.07 bits per heavy atom. The van der Waals surface area contributed by atoms with E-state index in [4.69, 9.17) is 12.5 Å². The summed E-state index contributed by atoms with van der Waals surface area (Å²) in [5.74, 6) is 0. The average Bonchev–Trinajstić information content (AvgIpc) is 2.18.